The topological polar surface area (TPSA) is 144 Å². The Kier molecular flexibility index (Phi) is 6.86. The van der Waals surface area contributed by atoms with Gasteiger partial charge >= 0.3 is 0 Å². The van der Waals surface area contributed by atoms with E-state index in [1.165, 1.54) is 11.8 Å². The van der Waals surface area contributed by atoms with Crippen molar-refractivity contribution in [3.05, 3.63) is 96.6 Å². The Hall–Kier alpha value is -4.70. The molecule has 0 saturated carbocycles. The molecule has 0 aliphatic carbocycles. The van der Waals surface area contributed by atoms with Crippen LogP contribution in [0.3, 0.4) is 0 Å². The van der Waals surface area contributed by atoms with Gasteiger partial charge in [-0.1, -0.05) is 84.6 Å². The molecule has 5 rings (SSSR count). The Morgan fingerprint density at radius 2 is 1.61 bits per heavy atom. The number of anilines is 2. The van der Waals surface area contributed by atoms with Gasteiger partial charge in [0.15, 0.2) is 11.8 Å². The molecule has 3 aromatic carbocycles. The van der Waals surface area contributed by atoms with E-state index in [2.05, 4.69) is 47.8 Å². The highest BCUT2D eigenvalue weighted by atomic mass is 32.2. The van der Waals surface area contributed by atoms with Gasteiger partial charge in [-0.2, -0.15) is 9.98 Å². The second-order valence-corrected chi connectivity index (χ2v) is 8.70. The lowest BCUT2D eigenvalue weighted by Crippen LogP contribution is -2.22. The van der Waals surface area contributed by atoms with Crippen molar-refractivity contribution in [1.29, 1.82) is 0 Å². The van der Waals surface area contributed by atoms with Gasteiger partial charge in [0.2, 0.25) is 11.1 Å². The molecule has 0 unspecified atom stereocenters. The molecule has 6 N–H and O–H groups in total. The van der Waals surface area contributed by atoms with Crippen molar-refractivity contribution < 1.29 is 0 Å². The van der Waals surface area contributed by atoms with E-state index in [1.807, 2.05) is 72.8 Å². The van der Waals surface area contributed by atoms with Crippen LogP contribution in [-0.2, 0) is 5.75 Å². The number of aromatic amines is 1. The van der Waals surface area contributed by atoms with Gasteiger partial charge in [0, 0.05) is 22.6 Å². The van der Waals surface area contributed by atoms with Gasteiger partial charge in [0.05, 0.1) is 5.69 Å². The third-order valence-electron chi connectivity index (χ3n) is 5.29. The molecule has 2 aromatic heterocycles. The maximum Gasteiger partial charge on any atom is 0.216 e. The van der Waals surface area contributed by atoms with E-state index in [-0.39, 0.29) is 5.96 Å². The van der Waals surface area contributed by atoms with E-state index in [9.17, 15) is 0 Å². The van der Waals surface area contributed by atoms with Crippen LogP contribution >= 0.6 is 11.8 Å². The van der Waals surface area contributed by atoms with Crippen LogP contribution in [0.1, 0.15) is 5.56 Å². The summed E-state index contributed by atoms with van der Waals surface area (Å²) in [5.74, 6) is 1.61. The second kappa shape index (κ2) is 10.7. The predicted molar refractivity (Wildman–Crippen MR) is 145 cm³/mol. The third-order valence-corrected chi connectivity index (χ3v) is 6.19. The molecule has 0 aliphatic rings. The summed E-state index contributed by atoms with van der Waals surface area (Å²) in [6, 6.07) is 29.6. The van der Waals surface area contributed by atoms with Crippen LogP contribution in [-0.4, -0.2) is 31.3 Å². The standard InChI is InChI=1S/C26H23N9S/c27-24(30-23-15-14-21(32-33-23)17-8-2-1-3-9-17)29-22-13-7-6-12-20(22)19-11-5-4-10-18(19)16-36-26-31-25(28)34-35-26/h1-15H,16H2,(H3,27,29,30,33)(H3,28,31,34,35). The van der Waals surface area contributed by atoms with Crippen molar-refractivity contribution in [2.75, 3.05) is 11.1 Å². The molecule has 0 amide bonds. The van der Waals surface area contributed by atoms with Crippen LogP contribution in [0.15, 0.2) is 101 Å². The van der Waals surface area contributed by atoms with Crippen LogP contribution in [0.5, 0.6) is 0 Å². The Morgan fingerprint density at radius 3 is 2.36 bits per heavy atom. The number of hydrogen-bond acceptors (Lipinski definition) is 7. The number of para-hydroxylation sites is 1. The lowest BCUT2D eigenvalue weighted by molar-refractivity contribution is 0.973. The Balaban J connectivity index is 1.35. The van der Waals surface area contributed by atoms with Crippen LogP contribution in [0.25, 0.3) is 22.4 Å². The Bertz CT molecular complexity index is 1480. The number of nitrogen functional groups attached to an aromatic ring is 1. The number of H-pyrrole nitrogens is 1. The molecule has 0 radical (unpaired) electrons. The number of rotatable bonds is 7. The minimum absolute atomic E-state index is 0.215. The first-order chi connectivity index (χ1) is 17.7. The maximum atomic E-state index is 6.24. The first-order valence-corrected chi connectivity index (χ1v) is 12.1. The van der Waals surface area contributed by atoms with E-state index in [0.29, 0.717) is 22.7 Å². The monoisotopic (exact) mass is 493 g/mol. The Labute approximate surface area is 212 Å². The van der Waals surface area contributed by atoms with Gasteiger partial charge in [-0.05, 0) is 29.3 Å². The van der Waals surface area contributed by atoms with Crippen molar-refractivity contribution in [2.24, 2.45) is 10.7 Å². The highest BCUT2D eigenvalue weighted by Gasteiger charge is 2.12. The number of benzene rings is 3. The average Bonchev–Trinajstić information content (AvgIpc) is 3.34. The third kappa shape index (κ3) is 5.50. The molecule has 0 spiro atoms. The van der Waals surface area contributed by atoms with Crippen LogP contribution in [0.4, 0.5) is 17.5 Å². The van der Waals surface area contributed by atoms with E-state index in [0.717, 1.165) is 33.6 Å². The smallest absolute Gasteiger partial charge is 0.216 e. The van der Waals surface area contributed by atoms with Crippen LogP contribution in [0.2, 0.25) is 0 Å². The van der Waals surface area contributed by atoms with Crippen molar-refractivity contribution in [3.63, 3.8) is 0 Å². The number of nitrogens with one attached hydrogen (secondary N) is 2. The molecular formula is C26H23N9S. The minimum atomic E-state index is 0.215. The largest absolute Gasteiger partial charge is 0.369 e. The van der Waals surface area contributed by atoms with E-state index in [4.69, 9.17) is 11.5 Å². The van der Waals surface area contributed by atoms with Crippen molar-refractivity contribution in [2.45, 2.75) is 10.9 Å². The van der Waals surface area contributed by atoms with E-state index >= 15 is 0 Å². The zero-order chi connectivity index (χ0) is 24.7. The quantitative estimate of drug-likeness (QED) is 0.143. The first-order valence-electron chi connectivity index (χ1n) is 11.1. The summed E-state index contributed by atoms with van der Waals surface area (Å²) in [5.41, 5.74) is 17.7. The minimum Gasteiger partial charge on any atom is -0.369 e. The molecule has 0 aliphatic heterocycles. The van der Waals surface area contributed by atoms with Gasteiger partial charge in [-0.15, -0.1) is 15.3 Å². The molecule has 0 fully saturated rings. The Morgan fingerprint density at radius 1 is 0.861 bits per heavy atom. The summed E-state index contributed by atoms with van der Waals surface area (Å²) >= 11 is 1.51. The highest BCUT2D eigenvalue weighted by Crippen LogP contribution is 2.33. The van der Waals surface area contributed by atoms with Crippen LogP contribution < -0.4 is 16.8 Å². The maximum absolute atomic E-state index is 6.24. The van der Waals surface area contributed by atoms with Gasteiger partial charge in [-0.25, -0.2) is 5.10 Å². The number of nitrogens with zero attached hydrogens (tertiary/aromatic N) is 5. The molecule has 2 heterocycles. The van der Waals surface area contributed by atoms with Gasteiger partial charge < -0.3 is 16.8 Å². The molecule has 36 heavy (non-hydrogen) atoms. The molecule has 0 saturated heterocycles. The summed E-state index contributed by atoms with van der Waals surface area (Å²) in [5, 5.41) is 19.1. The van der Waals surface area contributed by atoms with Crippen molar-refractivity contribution in [3.8, 4) is 22.4 Å². The number of aliphatic imine (C=N–C) groups is 1. The zero-order valence-corrected chi connectivity index (χ0v) is 20.0. The predicted octanol–water partition coefficient (Wildman–Crippen LogP) is 4.86. The lowest BCUT2D eigenvalue weighted by atomic mass is 9.99. The van der Waals surface area contributed by atoms with Crippen LogP contribution in [0, 0.1) is 0 Å². The SMILES string of the molecule is NC(=Nc1ccc(-c2ccccc2)nn1)Nc1ccccc1-c1ccccc1CSc1n[nH]c(N)n1. The number of guanidine groups is 1. The van der Waals surface area contributed by atoms with E-state index < -0.39 is 0 Å². The summed E-state index contributed by atoms with van der Waals surface area (Å²) in [4.78, 5) is 8.56. The fraction of sp³-hybridized carbons (Fsp3) is 0.0385. The molecule has 5 aromatic rings. The molecule has 10 heteroatoms. The summed E-state index contributed by atoms with van der Waals surface area (Å²) < 4.78 is 0. The molecule has 0 bridgehead atoms. The van der Waals surface area contributed by atoms with Gasteiger partial charge in [0.1, 0.15) is 0 Å². The number of nitrogens with two attached hydrogens (primary N) is 2. The van der Waals surface area contributed by atoms with Crippen molar-refractivity contribution in [1.82, 2.24) is 25.4 Å². The second-order valence-electron chi connectivity index (χ2n) is 7.76. The lowest BCUT2D eigenvalue weighted by Gasteiger charge is -2.14. The molecular weight excluding hydrogens is 470 g/mol. The normalized spacial score (nSPS) is 11.4. The highest BCUT2D eigenvalue weighted by molar-refractivity contribution is 7.98. The summed E-state index contributed by atoms with van der Waals surface area (Å²) in [7, 11) is 0. The van der Waals surface area contributed by atoms with Crippen molar-refractivity contribution >= 4 is 35.2 Å². The molecule has 9 nitrogen and oxygen atoms in total. The van der Waals surface area contributed by atoms with Gasteiger partial charge in [0.25, 0.3) is 0 Å². The van der Waals surface area contributed by atoms with Gasteiger partial charge in [-0.3, -0.25) is 0 Å². The fourth-order valence-corrected chi connectivity index (χ4v) is 4.45. The first kappa shape index (κ1) is 23.1. The van der Waals surface area contributed by atoms with E-state index in [1.54, 1.807) is 6.07 Å². The molecule has 178 valence electrons. The number of thioether (sulfide) groups is 1. The number of hydrogen-bond donors (Lipinski definition) is 4. The fourth-order valence-electron chi connectivity index (χ4n) is 3.64. The zero-order valence-electron chi connectivity index (χ0n) is 19.2. The number of aromatic nitrogens is 5. The summed E-state index contributed by atoms with van der Waals surface area (Å²) in [6.45, 7) is 0. The molecule has 0 atom stereocenters. The average molecular weight is 494 g/mol. The summed E-state index contributed by atoms with van der Waals surface area (Å²) in [6.07, 6.45) is 0.